The van der Waals surface area contributed by atoms with Crippen LogP contribution in [0.15, 0.2) is 52.2 Å². The van der Waals surface area contributed by atoms with E-state index in [0.717, 1.165) is 60.7 Å². The first kappa shape index (κ1) is 29.0. The summed E-state index contributed by atoms with van der Waals surface area (Å²) in [6.45, 7) is 1.93. The number of aromatic amines is 1. The van der Waals surface area contributed by atoms with Crippen molar-refractivity contribution in [2.45, 2.75) is 82.2 Å². The number of alkyl halides is 1. The van der Waals surface area contributed by atoms with Gasteiger partial charge in [-0.2, -0.15) is 0 Å². The lowest BCUT2D eigenvalue weighted by Crippen LogP contribution is -2.44. The van der Waals surface area contributed by atoms with Crippen LogP contribution in [0.5, 0.6) is 5.75 Å². The van der Waals surface area contributed by atoms with Crippen molar-refractivity contribution >= 4 is 14.1 Å². The first-order valence-corrected chi connectivity index (χ1v) is 13.9. The number of hydrogen-bond acceptors (Lipinski definition) is 9. The van der Waals surface area contributed by atoms with Gasteiger partial charge in [-0.3, -0.25) is 24.0 Å². The molecule has 2 aliphatic rings. The fourth-order valence-electron chi connectivity index (χ4n) is 4.56. The Kier molecular flexibility index (Phi) is 9.29. The number of halogens is 1. The molecule has 6 atom stereocenters. The van der Waals surface area contributed by atoms with Crippen molar-refractivity contribution in [3.8, 4) is 5.75 Å². The van der Waals surface area contributed by atoms with Gasteiger partial charge in [-0.05, 0) is 51.7 Å². The van der Waals surface area contributed by atoms with Gasteiger partial charge in [-0.25, -0.2) is 13.7 Å². The smallest absolute Gasteiger partial charge is 0.461 e. The summed E-state index contributed by atoms with van der Waals surface area (Å²) in [5.74, 6) is -0.422. The highest BCUT2D eigenvalue weighted by Crippen LogP contribution is 2.41. The first-order valence-electron chi connectivity index (χ1n) is 12.7. The fraction of sp³-hybridized carbons (Fsp3) is 0.560. The molecule has 14 heteroatoms. The summed E-state index contributed by atoms with van der Waals surface area (Å²) in [6, 6.07) is 8.07. The van der Waals surface area contributed by atoms with Crippen LogP contribution in [0.25, 0.3) is 0 Å². The van der Waals surface area contributed by atoms with E-state index in [1.54, 1.807) is 30.3 Å². The largest absolute Gasteiger partial charge is 0.693 e. The molecule has 12 nitrogen and oxygen atoms in total. The fourth-order valence-corrected chi connectivity index (χ4v) is 5.48. The number of para-hydroxylation sites is 1. The van der Waals surface area contributed by atoms with Gasteiger partial charge in [-0.15, -0.1) is 0 Å². The van der Waals surface area contributed by atoms with Gasteiger partial charge in [0.1, 0.15) is 24.9 Å². The highest BCUT2D eigenvalue weighted by Gasteiger charge is 2.56. The van der Waals surface area contributed by atoms with Crippen molar-refractivity contribution in [2.75, 3.05) is 6.61 Å². The molecule has 1 saturated carbocycles. The minimum Gasteiger partial charge on any atom is -0.461 e. The molecule has 212 valence electrons. The van der Waals surface area contributed by atoms with E-state index in [9.17, 15) is 24.1 Å². The summed E-state index contributed by atoms with van der Waals surface area (Å²) < 4.78 is 46.3. The molecule has 2 unspecified atom stereocenters. The van der Waals surface area contributed by atoms with Crippen LogP contribution >= 0.6 is 8.18 Å². The van der Waals surface area contributed by atoms with E-state index in [2.05, 4.69) is 0 Å². The third kappa shape index (κ3) is 6.79. The Labute approximate surface area is 224 Å². The molecule has 2 heterocycles. The number of ether oxygens (including phenoxy) is 2. The van der Waals surface area contributed by atoms with E-state index in [1.807, 2.05) is 4.98 Å². The Balaban J connectivity index is 1.50. The van der Waals surface area contributed by atoms with Crippen LogP contribution in [0.1, 0.15) is 52.2 Å². The minimum atomic E-state index is -2.80. The van der Waals surface area contributed by atoms with Gasteiger partial charge in [0, 0.05) is 16.8 Å². The molecule has 2 aromatic rings. The van der Waals surface area contributed by atoms with Gasteiger partial charge >= 0.3 is 19.8 Å². The lowest BCUT2D eigenvalue weighted by atomic mass is 9.98. The number of aliphatic hydroxyl groups excluding tert-OH is 1. The highest BCUT2D eigenvalue weighted by atomic mass is 31.1. The van der Waals surface area contributed by atoms with Crippen LogP contribution in [-0.2, 0) is 23.7 Å². The topological polar surface area (TPSA) is 149 Å². The molecule has 1 aromatic heterocycles. The van der Waals surface area contributed by atoms with Crippen LogP contribution in [-0.4, -0.2) is 62.1 Å². The van der Waals surface area contributed by atoms with Crippen molar-refractivity contribution in [2.24, 2.45) is 0 Å². The van der Waals surface area contributed by atoms with Crippen molar-refractivity contribution in [1.82, 2.24) is 14.4 Å². The number of hydroxylamine groups is 1. The summed E-state index contributed by atoms with van der Waals surface area (Å²) >= 11 is 0. The quantitative estimate of drug-likeness (QED) is 0.249. The number of esters is 1. The lowest BCUT2D eigenvalue weighted by Gasteiger charge is -2.25. The monoisotopic (exact) mass is 568 g/mol. The summed E-state index contributed by atoms with van der Waals surface area (Å²) in [5, 5.41) is 10.7. The maximum atomic E-state index is 15.6. The van der Waals surface area contributed by atoms with E-state index in [-0.39, 0.29) is 11.9 Å². The van der Waals surface area contributed by atoms with Crippen LogP contribution in [0.4, 0.5) is 4.39 Å². The molecule has 2 N–H and O–H groups in total. The second-order valence-electron chi connectivity index (χ2n) is 9.75. The van der Waals surface area contributed by atoms with E-state index < -0.39 is 62.2 Å². The van der Waals surface area contributed by atoms with Gasteiger partial charge < -0.3 is 14.6 Å². The Morgan fingerprint density at radius 2 is 1.95 bits per heavy atom. The zero-order valence-electron chi connectivity index (χ0n) is 21.6. The Hall–Kier alpha value is -2.96. The standard InChI is InChI=1S/C25H31FN3O9P/c1-16(22(32)36-17-9-5-3-6-10-17)29(39(34)38-18-11-7-4-8-12-18)35-15-19-21(31)25(2,26)23(37-19)28-14-13-20(30)27-24(28)33/h4,7-8,11-14,16-17,19,21,23,31H,3,5-6,9-10,15H2,1-2H3/p+1/t16?,19-,21-,23-,25-/m1/s1. The van der Waals surface area contributed by atoms with Crippen LogP contribution in [0.3, 0.4) is 0 Å². The number of nitrogens with zero attached hydrogens (tertiary/aromatic N) is 2. The molecule has 0 amide bonds. The van der Waals surface area contributed by atoms with Gasteiger partial charge in [0.25, 0.3) is 5.56 Å². The molecule has 1 aliphatic heterocycles. The maximum absolute atomic E-state index is 15.6. The number of carbonyl (C=O) groups excluding carboxylic acids is 1. The molecule has 0 bridgehead atoms. The Morgan fingerprint density at radius 3 is 2.62 bits per heavy atom. The van der Waals surface area contributed by atoms with Crippen molar-refractivity contribution in [3.05, 3.63) is 63.4 Å². The number of rotatable bonds is 10. The first-order chi connectivity index (χ1) is 18.6. The van der Waals surface area contributed by atoms with Gasteiger partial charge in [0.15, 0.2) is 23.7 Å². The average Bonchev–Trinajstić information content (AvgIpc) is 3.13. The van der Waals surface area contributed by atoms with E-state index in [1.165, 1.54) is 6.92 Å². The number of carbonyl (C=O) groups is 1. The number of H-pyrrole nitrogens is 1. The molecule has 1 aromatic carbocycles. The van der Waals surface area contributed by atoms with Crippen molar-refractivity contribution in [1.29, 1.82) is 0 Å². The average molecular weight is 569 g/mol. The molecule has 1 saturated heterocycles. The van der Waals surface area contributed by atoms with Gasteiger partial charge in [0.05, 0.1) is 4.83 Å². The normalized spacial score (nSPS) is 26.8. The molecule has 39 heavy (non-hydrogen) atoms. The van der Waals surface area contributed by atoms with Crippen molar-refractivity contribution < 1.29 is 37.7 Å². The number of nitrogens with one attached hydrogen (secondary N) is 1. The van der Waals surface area contributed by atoms with Crippen molar-refractivity contribution in [3.63, 3.8) is 0 Å². The van der Waals surface area contributed by atoms with Crippen LogP contribution in [0.2, 0.25) is 0 Å². The van der Waals surface area contributed by atoms with E-state index in [0.29, 0.717) is 0 Å². The summed E-state index contributed by atoms with van der Waals surface area (Å²) in [6.07, 6.45) is 0.497. The zero-order valence-corrected chi connectivity index (χ0v) is 22.5. The molecule has 4 rings (SSSR count). The van der Waals surface area contributed by atoms with Gasteiger partial charge in [-0.1, -0.05) is 24.6 Å². The Bertz CT molecular complexity index is 1270. The minimum absolute atomic E-state index is 0.256. The zero-order chi connectivity index (χ0) is 28.2. The summed E-state index contributed by atoms with van der Waals surface area (Å²) in [7, 11) is -2.80. The molecule has 0 spiro atoms. The molecular formula is C25H32FN3O9P+. The van der Waals surface area contributed by atoms with E-state index >= 15 is 4.39 Å². The summed E-state index contributed by atoms with van der Waals surface area (Å²) in [5.41, 5.74) is -4.07. The maximum Gasteiger partial charge on any atom is 0.693 e. The molecule has 2 fully saturated rings. The molecule has 0 radical (unpaired) electrons. The Morgan fingerprint density at radius 1 is 1.26 bits per heavy atom. The predicted molar refractivity (Wildman–Crippen MR) is 136 cm³/mol. The number of hydrogen-bond donors (Lipinski definition) is 2. The predicted octanol–water partition coefficient (Wildman–Crippen LogP) is 2.76. The second kappa shape index (κ2) is 12.5. The second-order valence-corrected chi connectivity index (χ2v) is 10.8. The number of aromatic nitrogens is 2. The SMILES string of the molecule is CC(C(=O)OC1CCCCC1)N(OC[C@H]1O[C@@H](n2ccc(=O)[nH]c2=O)[C@](C)(F)[C@@H]1O)[P+](=O)Oc1ccccc1. The third-order valence-electron chi connectivity index (χ3n) is 6.79. The number of aliphatic hydroxyl groups is 1. The van der Waals surface area contributed by atoms with Gasteiger partial charge in [0.2, 0.25) is 0 Å². The molecular weight excluding hydrogens is 536 g/mol. The molecule has 1 aliphatic carbocycles. The third-order valence-corrected chi connectivity index (χ3v) is 7.94. The highest BCUT2D eigenvalue weighted by molar-refractivity contribution is 7.36. The number of benzene rings is 1. The lowest BCUT2D eigenvalue weighted by molar-refractivity contribution is -0.185. The van der Waals surface area contributed by atoms with Crippen LogP contribution < -0.4 is 15.8 Å². The van der Waals surface area contributed by atoms with E-state index in [4.69, 9.17) is 18.8 Å². The summed E-state index contributed by atoms with van der Waals surface area (Å²) in [4.78, 5) is 45.0. The van der Waals surface area contributed by atoms with Crippen LogP contribution in [0, 0.1) is 0 Å².